The van der Waals surface area contributed by atoms with Crippen molar-refractivity contribution in [2.45, 2.75) is 20.3 Å². The molecule has 1 aromatic heterocycles. The molecule has 3 atom stereocenters. The molecular formula is C14H16FN. The first-order valence-corrected chi connectivity index (χ1v) is 5.99. The van der Waals surface area contributed by atoms with E-state index in [9.17, 15) is 4.39 Å². The lowest BCUT2D eigenvalue weighted by molar-refractivity contribution is 0.509. The molecule has 2 heteroatoms. The Morgan fingerprint density at radius 3 is 2.69 bits per heavy atom. The fourth-order valence-electron chi connectivity index (χ4n) is 3.18. The van der Waals surface area contributed by atoms with Gasteiger partial charge in [0.25, 0.3) is 0 Å². The van der Waals surface area contributed by atoms with E-state index in [1.54, 1.807) is 6.07 Å². The summed E-state index contributed by atoms with van der Waals surface area (Å²) in [6.07, 6.45) is 4.79. The number of rotatable bonds is 2. The molecule has 1 nitrogen and oxygen atoms in total. The van der Waals surface area contributed by atoms with Crippen LogP contribution in [-0.2, 0) is 0 Å². The summed E-state index contributed by atoms with van der Waals surface area (Å²) in [7, 11) is 0. The van der Waals surface area contributed by atoms with Crippen LogP contribution in [0.1, 0.15) is 26.0 Å². The normalized spacial score (nSPS) is 31.5. The largest absolute Gasteiger partial charge is 0.254 e. The maximum Gasteiger partial charge on any atom is 0.141 e. The molecule has 16 heavy (non-hydrogen) atoms. The molecule has 84 valence electrons. The zero-order valence-electron chi connectivity index (χ0n) is 9.65. The summed E-state index contributed by atoms with van der Waals surface area (Å²) >= 11 is 0. The van der Waals surface area contributed by atoms with Crippen LogP contribution in [-0.4, -0.2) is 4.98 Å². The summed E-state index contributed by atoms with van der Waals surface area (Å²) in [5, 5.41) is 0. The summed E-state index contributed by atoms with van der Waals surface area (Å²) < 4.78 is 12.7. The molecule has 0 N–H and O–H groups in total. The van der Waals surface area contributed by atoms with E-state index in [1.807, 2.05) is 0 Å². The Kier molecular flexibility index (Phi) is 2.13. The van der Waals surface area contributed by atoms with Crippen molar-refractivity contribution in [1.29, 1.82) is 0 Å². The first-order chi connectivity index (χ1) is 7.66. The molecule has 0 bridgehead atoms. The van der Waals surface area contributed by atoms with Gasteiger partial charge in [0.2, 0.25) is 0 Å². The highest BCUT2D eigenvalue weighted by atomic mass is 19.1. The van der Waals surface area contributed by atoms with Gasteiger partial charge < -0.3 is 0 Å². The third kappa shape index (κ3) is 1.48. The number of nitrogens with zero attached hydrogens (tertiary/aromatic N) is 1. The van der Waals surface area contributed by atoms with E-state index in [1.165, 1.54) is 17.8 Å². The van der Waals surface area contributed by atoms with Crippen molar-refractivity contribution in [1.82, 2.24) is 4.98 Å². The summed E-state index contributed by atoms with van der Waals surface area (Å²) in [6, 6.07) is 3.28. The van der Waals surface area contributed by atoms with E-state index in [0.29, 0.717) is 0 Å². The van der Waals surface area contributed by atoms with E-state index < -0.39 is 0 Å². The second kappa shape index (κ2) is 3.41. The fourth-order valence-corrected chi connectivity index (χ4v) is 3.18. The predicted octanol–water partition coefficient (Wildman–Crippen LogP) is 3.53. The third-order valence-electron chi connectivity index (χ3n) is 3.97. The van der Waals surface area contributed by atoms with Crippen molar-refractivity contribution in [3.8, 4) is 0 Å². The van der Waals surface area contributed by atoms with Crippen molar-refractivity contribution in [3.63, 3.8) is 0 Å². The van der Waals surface area contributed by atoms with Crippen molar-refractivity contribution in [2.75, 3.05) is 0 Å². The van der Waals surface area contributed by atoms with Crippen LogP contribution in [0.15, 0.2) is 24.4 Å². The van der Waals surface area contributed by atoms with E-state index in [2.05, 4.69) is 24.9 Å². The Morgan fingerprint density at radius 1 is 1.38 bits per heavy atom. The number of halogens is 1. The number of hydrogen-bond acceptors (Lipinski definition) is 1. The quantitative estimate of drug-likeness (QED) is 0.738. The lowest BCUT2D eigenvalue weighted by Gasteiger charge is -2.08. The fraction of sp³-hybridized carbons (Fsp3) is 0.500. The highest BCUT2D eigenvalue weighted by Crippen LogP contribution is 2.60. The van der Waals surface area contributed by atoms with E-state index in [-0.39, 0.29) is 5.82 Å². The smallest absolute Gasteiger partial charge is 0.141 e. The second-order valence-electron chi connectivity index (χ2n) is 5.32. The van der Waals surface area contributed by atoms with Gasteiger partial charge >= 0.3 is 0 Å². The number of allylic oxidation sites excluding steroid dienone is 2. The van der Waals surface area contributed by atoms with Crippen LogP contribution in [0.5, 0.6) is 0 Å². The molecule has 2 aliphatic rings. The zero-order valence-corrected chi connectivity index (χ0v) is 9.65. The maximum atomic E-state index is 12.7. The van der Waals surface area contributed by atoms with Gasteiger partial charge in [-0.05, 0) is 47.8 Å². The molecule has 0 aliphatic heterocycles. The monoisotopic (exact) mass is 217 g/mol. The van der Waals surface area contributed by atoms with Gasteiger partial charge in [-0.25, -0.2) is 4.39 Å². The Labute approximate surface area is 95.4 Å². The maximum absolute atomic E-state index is 12.7. The van der Waals surface area contributed by atoms with E-state index in [4.69, 9.17) is 0 Å². The minimum atomic E-state index is -0.257. The van der Waals surface area contributed by atoms with Crippen LogP contribution in [0.4, 0.5) is 4.39 Å². The number of pyridine rings is 1. The molecule has 3 rings (SSSR count). The average Bonchev–Trinajstić information content (AvgIpc) is 2.77. The van der Waals surface area contributed by atoms with Gasteiger partial charge in [0.05, 0.1) is 11.9 Å². The SMILES string of the molecule is CC(C)C1C2C=C(c3ccc(F)cn3)CC21. The molecule has 0 aromatic carbocycles. The molecule has 0 radical (unpaired) electrons. The Bertz CT molecular complexity index is 433. The van der Waals surface area contributed by atoms with Gasteiger partial charge in [0.1, 0.15) is 5.82 Å². The lowest BCUT2D eigenvalue weighted by atomic mass is 9.99. The first kappa shape index (κ1) is 10.0. The molecule has 0 amide bonds. The molecule has 1 aromatic rings. The Morgan fingerprint density at radius 2 is 2.19 bits per heavy atom. The van der Waals surface area contributed by atoms with Gasteiger partial charge in [-0.1, -0.05) is 19.9 Å². The lowest BCUT2D eigenvalue weighted by Crippen LogP contribution is -1.98. The van der Waals surface area contributed by atoms with E-state index >= 15 is 0 Å². The minimum absolute atomic E-state index is 0.257. The Balaban J connectivity index is 1.78. The molecule has 0 saturated heterocycles. The van der Waals surface area contributed by atoms with Crippen LogP contribution < -0.4 is 0 Å². The highest BCUT2D eigenvalue weighted by Gasteiger charge is 2.53. The molecule has 3 unspecified atom stereocenters. The standard InChI is InChI=1S/C14H16FN/c1-8(2)14-11-5-9(6-12(11)14)13-4-3-10(15)7-16-13/h3-5,7-8,11-12,14H,6H2,1-2H3. The van der Waals surface area contributed by atoms with Gasteiger partial charge in [-0.15, -0.1) is 0 Å². The molecule has 1 saturated carbocycles. The number of fused-ring (bicyclic) bond motifs is 1. The number of aromatic nitrogens is 1. The summed E-state index contributed by atoms with van der Waals surface area (Å²) in [4.78, 5) is 4.14. The van der Waals surface area contributed by atoms with Gasteiger partial charge in [-0.2, -0.15) is 0 Å². The van der Waals surface area contributed by atoms with Crippen LogP contribution in [0.3, 0.4) is 0 Å². The second-order valence-corrected chi connectivity index (χ2v) is 5.32. The topological polar surface area (TPSA) is 12.9 Å². The van der Waals surface area contributed by atoms with Gasteiger partial charge in [0.15, 0.2) is 0 Å². The average molecular weight is 217 g/mol. The molecule has 1 heterocycles. The molecule has 1 fully saturated rings. The highest BCUT2D eigenvalue weighted by molar-refractivity contribution is 5.67. The van der Waals surface area contributed by atoms with Crippen LogP contribution in [0.2, 0.25) is 0 Å². The van der Waals surface area contributed by atoms with Crippen molar-refractivity contribution < 1.29 is 4.39 Å². The summed E-state index contributed by atoms with van der Waals surface area (Å²) in [5.74, 6) is 3.01. The molecular weight excluding hydrogens is 201 g/mol. The first-order valence-electron chi connectivity index (χ1n) is 5.99. The Hall–Kier alpha value is -1.18. The van der Waals surface area contributed by atoms with Crippen molar-refractivity contribution in [3.05, 3.63) is 35.9 Å². The van der Waals surface area contributed by atoms with Crippen LogP contribution in [0.25, 0.3) is 5.57 Å². The summed E-state index contributed by atoms with van der Waals surface area (Å²) in [5.41, 5.74) is 2.27. The van der Waals surface area contributed by atoms with Crippen LogP contribution >= 0.6 is 0 Å². The van der Waals surface area contributed by atoms with Gasteiger partial charge in [-0.3, -0.25) is 4.98 Å². The van der Waals surface area contributed by atoms with E-state index in [0.717, 1.165) is 35.8 Å². The predicted molar refractivity (Wildman–Crippen MR) is 62.1 cm³/mol. The number of hydrogen-bond donors (Lipinski definition) is 0. The molecule has 2 aliphatic carbocycles. The molecule has 0 spiro atoms. The van der Waals surface area contributed by atoms with Crippen molar-refractivity contribution in [2.24, 2.45) is 23.7 Å². The zero-order chi connectivity index (χ0) is 11.3. The van der Waals surface area contributed by atoms with Crippen LogP contribution in [0, 0.1) is 29.5 Å². The minimum Gasteiger partial charge on any atom is -0.254 e. The third-order valence-corrected chi connectivity index (χ3v) is 3.97. The summed E-state index contributed by atoms with van der Waals surface area (Å²) in [6.45, 7) is 4.60. The van der Waals surface area contributed by atoms with Crippen molar-refractivity contribution >= 4 is 5.57 Å². The van der Waals surface area contributed by atoms with Gasteiger partial charge in [0, 0.05) is 0 Å².